The zero-order valence-corrected chi connectivity index (χ0v) is 18.5. The fourth-order valence-electron chi connectivity index (χ4n) is 2.88. The molecule has 2 rings (SSSR count). The molecule has 1 aromatic heterocycles. The Balaban J connectivity index is 2.20. The normalized spacial score (nSPS) is 12.9. The third-order valence-electron chi connectivity index (χ3n) is 4.26. The monoisotopic (exact) mass is 435 g/mol. The maximum absolute atomic E-state index is 13.0. The summed E-state index contributed by atoms with van der Waals surface area (Å²) in [4.78, 5) is 27.2. The van der Waals surface area contributed by atoms with Gasteiger partial charge in [-0.2, -0.15) is 0 Å². The van der Waals surface area contributed by atoms with E-state index in [0.29, 0.717) is 12.2 Å². The van der Waals surface area contributed by atoms with Gasteiger partial charge in [-0.25, -0.2) is 13.1 Å². The van der Waals surface area contributed by atoms with Crippen LogP contribution in [0.1, 0.15) is 39.9 Å². The molecule has 164 valence electrons. The second-order valence-electron chi connectivity index (χ2n) is 7.90. The molecule has 0 saturated heterocycles. The Morgan fingerprint density at radius 2 is 1.77 bits per heavy atom. The molecule has 0 fully saturated rings. The van der Waals surface area contributed by atoms with Gasteiger partial charge in [-0.15, -0.1) is 0 Å². The van der Waals surface area contributed by atoms with Gasteiger partial charge < -0.3 is 14.6 Å². The van der Waals surface area contributed by atoms with E-state index in [2.05, 4.69) is 10.0 Å². The van der Waals surface area contributed by atoms with Crippen molar-refractivity contribution in [2.45, 2.75) is 57.1 Å². The number of hydrogen-bond acceptors (Lipinski definition) is 5. The van der Waals surface area contributed by atoms with Crippen LogP contribution in [-0.2, 0) is 26.2 Å². The summed E-state index contributed by atoms with van der Waals surface area (Å²) in [6.45, 7) is 6.93. The molecule has 1 aromatic carbocycles. The third-order valence-corrected chi connectivity index (χ3v) is 5.67. The molecule has 8 nitrogen and oxygen atoms in total. The highest BCUT2D eigenvalue weighted by molar-refractivity contribution is 7.89. The quantitative estimate of drug-likeness (QED) is 0.628. The summed E-state index contributed by atoms with van der Waals surface area (Å²) in [5.74, 6) is -0.339. The highest BCUT2D eigenvalue weighted by Gasteiger charge is 2.31. The molecule has 0 radical (unpaired) electrons. The Kier molecular flexibility index (Phi) is 7.80. The van der Waals surface area contributed by atoms with Gasteiger partial charge in [-0.1, -0.05) is 25.1 Å². The summed E-state index contributed by atoms with van der Waals surface area (Å²) in [6, 6.07) is 10.4. The standard InChI is InChI=1S/C21H29N3O5S/c1-5-18(20(26)23-21(2,3)4)24(15-16-10-9-13-29-16)19(25)14-22-30(27,28)17-11-7-6-8-12-17/h6-13,18,22H,5,14-15H2,1-4H3,(H,23,26)/t18-/m0/s1. The van der Waals surface area contributed by atoms with E-state index in [0.717, 1.165) is 0 Å². The van der Waals surface area contributed by atoms with E-state index in [9.17, 15) is 18.0 Å². The summed E-state index contributed by atoms with van der Waals surface area (Å²) >= 11 is 0. The molecule has 30 heavy (non-hydrogen) atoms. The van der Waals surface area contributed by atoms with Crippen molar-refractivity contribution in [1.82, 2.24) is 14.9 Å². The molecule has 0 aliphatic heterocycles. The molecule has 0 spiro atoms. The second-order valence-corrected chi connectivity index (χ2v) is 9.67. The van der Waals surface area contributed by atoms with E-state index >= 15 is 0 Å². The number of nitrogens with one attached hydrogen (secondary N) is 2. The molecular weight excluding hydrogens is 406 g/mol. The van der Waals surface area contributed by atoms with Crippen LogP contribution < -0.4 is 10.0 Å². The molecule has 2 aromatic rings. The van der Waals surface area contributed by atoms with Gasteiger partial charge in [0, 0.05) is 5.54 Å². The van der Waals surface area contributed by atoms with Crippen LogP contribution in [0.5, 0.6) is 0 Å². The van der Waals surface area contributed by atoms with Crippen LogP contribution in [0.15, 0.2) is 58.0 Å². The van der Waals surface area contributed by atoms with Crippen LogP contribution >= 0.6 is 0 Å². The molecule has 9 heteroatoms. The van der Waals surface area contributed by atoms with Crippen LogP contribution in [0.3, 0.4) is 0 Å². The first kappa shape index (κ1) is 23.6. The Morgan fingerprint density at radius 1 is 1.10 bits per heavy atom. The van der Waals surface area contributed by atoms with E-state index in [4.69, 9.17) is 4.42 Å². The minimum absolute atomic E-state index is 0.0506. The summed E-state index contributed by atoms with van der Waals surface area (Å²) in [5.41, 5.74) is -0.473. The molecule has 2 N–H and O–H groups in total. The van der Waals surface area contributed by atoms with Crippen molar-refractivity contribution in [1.29, 1.82) is 0 Å². The Morgan fingerprint density at radius 3 is 2.30 bits per heavy atom. The van der Waals surface area contributed by atoms with Crippen molar-refractivity contribution in [2.75, 3.05) is 6.54 Å². The van der Waals surface area contributed by atoms with Gasteiger partial charge in [-0.3, -0.25) is 9.59 Å². The van der Waals surface area contributed by atoms with Gasteiger partial charge in [0.25, 0.3) is 0 Å². The summed E-state index contributed by atoms with van der Waals surface area (Å²) in [6.07, 6.45) is 1.84. The molecular formula is C21H29N3O5S. The van der Waals surface area contributed by atoms with Crippen molar-refractivity contribution < 1.29 is 22.4 Å². The molecule has 1 atom stereocenters. The van der Waals surface area contributed by atoms with Gasteiger partial charge in [0.1, 0.15) is 11.8 Å². The van der Waals surface area contributed by atoms with Crippen molar-refractivity contribution in [3.05, 3.63) is 54.5 Å². The lowest BCUT2D eigenvalue weighted by Crippen LogP contribution is -2.54. The van der Waals surface area contributed by atoms with E-state index in [-0.39, 0.29) is 17.3 Å². The largest absolute Gasteiger partial charge is 0.467 e. The van der Waals surface area contributed by atoms with Crippen LogP contribution in [0.4, 0.5) is 0 Å². The lowest BCUT2D eigenvalue weighted by atomic mass is 10.1. The number of carbonyl (C=O) groups excluding carboxylic acids is 2. The molecule has 0 saturated carbocycles. The van der Waals surface area contributed by atoms with Gasteiger partial charge >= 0.3 is 0 Å². The number of hydrogen-bond donors (Lipinski definition) is 2. The highest BCUT2D eigenvalue weighted by atomic mass is 32.2. The predicted molar refractivity (Wildman–Crippen MR) is 113 cm³/mol. The van der Waals surface area contributed by atoms with Crippen molar-refractivity contribution >= 4 is 21.8 Å². The fourth-order valence-corrected chi connectivity index (χ4v) is 3.88. The summed E-state index contributed by atoms with van der Waals surface area (Å²) < 4.78 is 32.6. The van der Waals surface area contributed by atoms with E-state index in [1.165, 1.54) is 23.3 Å². The molecule has 0 aliphatic carbocycles. The first-order chi connectivity index (χ1) is 14.0. The number of amides is 2. The number of carbonyl (C=O) groups is 2. The van der Waals surface area contributed by atoms with Gasteiger partial charge in [0.05, 0.1) is 24.2 Å². The highest BCUT2D eigenvalue weighted by Crippen LogP contribution is 2.14. The van der Waals surface area contributed by atoms with Crippen molar-refractivity contribution in [2.24, 2.45) is 0 Å². The predicted octanol–water partition coefficient (Wildman–Crippen LogP) is 2.28. The maximum Gasteiger partial charge on any atom is 0.243 e. The second kappa shape index (κ2) is 9.90. The zero-order valence-electron chi connectivity index (χ0n) is 17.7. The minimum Gasteiger partial charge on any atom is -0.467 e. The van der Waals surface area contributed by atoms with Gasteiger partial charge in [-0.05, 0) is 51.5 Å². The van der Waals surface area contributed by atoms with Crippen LogP contribution in [0, 0.1) is 0 Å². The number of furan rings is 1. The van der Waals surface area contributed by atoms with Crippen molar-refractivity contribution in [3.8, 4) is 0 Å². The number of sulfonamides is 1. The summed E-state index contributed by atoms with van der Waals surface area (Å²) in [5, 5.41) is 2.88. The average Bonchev–Trinajstić information content (AvgIpc) is 3.18. The molecule has 1 heterocycles. The number of benzene rings is 1. The molecule has 0 unspecified atom stereocenters. The Hall–Kier alpha value is -2.65. The fraction of sp³-hybridized carbons (Fsp3) is 0.429. The van der Waals surface area contributed by atoms with Gasteiger partial charge in [0.2, 0.25) is 21.8 Å². The molecule has 2 amide bonds. The third kappa shape index (κ3) is 6.70. The Bertz CT molecular complexity index is 935. The first-order valence-corrected chi connectivity index (χ1v) is 11.2. The minimum atomic E-state index is -3.85. The van der Waals surface area contributed by atoms with E-state index < -0.39 is 34.1 Å². The Labute approximate surface area is 177 Å². The van der Waals surface area contributed by atoms with Crippen LogP contribution in [0.25, 0.3) is 0 Å². The average molecular weight is 436 g/mol. The smallest absolute Gasteiger partial charge is 0.243 e. The van der Waals surface area contributed by atoms with E-state index in [1.807, 2.05) is 20.8 Å². The lowest BCUT2D eigenvalue weighted by molar-refractivity contribution is -0.141. The lowest BCUT2D eigenvalue weighted by Gasteiger charge is -2.32. The van der Waals surface area contributed by atoms with Gasteiger partial charge in [0.15, 0.2) is 0 Å². The SMILES string of the molecule is CC[C@@H](C(=O)NC(C)(C)C)N(Cc1ccco1)C(=O)CNS(=O)(=O)c1ccccc1. The number of nitrogens with zero attached hydrogens (tertiary/aromatic N) is 1. The topological polar surface area (TPSA) is 109 Å². The van der Waals surface area contributed by atoms with Crippen molar-refractivity contribution in [3.63, 3.8) is 0 Å². The first-order valence-electron chi connectivity index (χ1n) is 9.72. The van der Waals surface area contributed by atoms with Crippen LogP contribution in [0.2, 0.25) is 0 Å². The molecule has 0 aliphatic rings. The van der Waals surface area contributed by atoms with Crippen LogP contribution in [-0.4, -0.2) is 43.3 Å². The summed E-state index contributed by atoms with van der Waals surface area (Å²) in [7, 11) is -3.85. The zero-order chi connectivity index (χ0) is 22.4. The van der Waals surface area contributed by atoms with E-state index in [1.54, 1.807) is 37.3 Å². The number of rotatable bonds is 9. The molecule has 0 bridgehead atoms. The maximum atomic E-state index is 13.0.